The molecule has 3 heterocycles. The SMILES string of the molecule is Cc1cc(=O)c(C(=O)Nc2nc(CN3CC(C)OC(C)C3)cs2)nn1-c1ccccc1Cl. The Bertz CT molecular complexity index is 1180. The predicted octanol–water partition coefficient (Wildman–Crippen LogP) is 3.51. The van der Waals surface area contributed by atoms with Gasteiger partial charge < -0.3 is 4.74 Å². The van der Waals surface area contributed by atoms with Crippen LogP contribution < -0.4 is 10.7 Å². The number of nitrogens with zero attached hydrogens (tertiary/aromatic N) is 4. The van der Waals surface area contributed by atoms with Gasteiger partial charge in [0.25, 0.3) is 5.91 Å². The molecule has 1 N–H and O–H groups in total. The van der Waals surface area contributed by atoms with Gasteiger partial charge in [0.15, 0.2) is 10.8 Å². The second kappa shape index (κ2) is 9.50. The van der Waals surface area contributed by atoms with Crippen molar-refractivity contribution in [3.63, 3.8) is 0 Å². The normalized spacial score (nSPS) is 19.1. The molecule has 2 aromatic heterocycles. The number of thiazole rings is 1. The molecule has 1 fully saturated rings. The summed E-state index contributed by atoms with van der Waals surface area (Å²) in [6.07, 6.45) is 0.342. The number of aromatic nitrogens is 3. The van der Waals surface area contributed by atoms with Crippen LogP contribution in [0.5, 0.6) is 0 Å². The second-order valence-electron chi connectivity index (χ2n) is 7.91. The number of morpholine rings is 1. The zero-order valence-corrected chi connectivity index (χ0v) is 19.6. The number of amides is 1. The molecule has 1 saturated heterocycles. The van der Waals surface area contributed by atoms with Crippen LogP contribution in [-0.2, 0) is 11.3 Å². The summed E-state index contributed by atoms with van der Waals surface area (Å²) in [6, 6.07) is 8.49. The highest BCUT2D eigenvalue weighted by Crippen LogP contribution is 2.21. The number of benzene rings is 1. The molecule has 1 aliphatic rings. The Labute approximate surface area is 194 Å². The highest BCUT2D eigenvalue weighted by molar-refractivity contribution is 7.13. The molecule has 10 heteroatoms. The number of hydrogen-bond donors (Lipinski definition) is 1. The molecule has 2 unspecified atom stereocenters. The van der Waals surface area contributed by atoms with E-state index in [9.17, 15) is 9.59 Å². The predicted molar refractivity (Wildman–Crippen MR) is 125 cm³/mol. The van der Waals surface area contributed by atoms with Crippen LogP contribution in [0.15, 0.2) is 40.5 Å². The van der Waals surface area contributed by atoms with Gasteiger partial charge in [0.05, 0.1) is 28.6 Å². The molecule has 1 amide bonds. The number of anilines is 1. The maximum Gasteiger partial charge on any atom is 0.281 e. The van der Waals surface area contributed by atoms with E-state index in [1.165, 1.54) is 22.1 Å². The summed E-state index contributed by atoms with van der Waals surface area (Å²) in [4.78, 5) is 32.1. The van der Waals surface area contributed by atoms with Crippen molar-refractivity contribution in [1.29, 1.82) is 0 Å². The molecule has 1 aromatic carbocycles. The molecule has 0 bridgehead atoms. The molecule has 0 spiro atoms. The number of carbonyl (C=O) groups excluding carboxylic acids is 1. The summed E-state index contributed by atoms with van der Waals surface area (Å²) in [5, 5.41) is 9.78. The lowest BCUT2D eigenvalue weighted by Gasteiger charge is -2.34. The third-order valence-corrected chi connectivity index (χ3v) is 6.18. The van der Waals surface area contributed by atoms with Gasteiger partial charge in [0.1, 0.15) is 0 Å². The van der Waals surface area contributed by atoms with Crippen LogP contribution >= 0.6 is 22.9 Å². The molecule has 0 radical (unpaired) electrons. The van der Waals surface area contributed by atoms with E-state index in [4.69, 9.17) is 16.3 Å². The van der Waals surface area contributed by atoms with Crippen LogP contribution in [0.3, 0.4) is 0 Å². The van der Waals surface area contributed by atoms with Crippen LogP contribution in [0, 0.1) is 6.92 Å². The monoisotopic (exact) mass is 473 g/mol. The number of para-hydroxylation sites is 1. The fourth-order valence-electron chi connectivity index (χ4n) is 3.81. The van der Waals surface area contributed by atoms with Crippen molar-refractivity contribution in [3.8, 4) is 5.69 Å². The lowest BCUT2D eigenvalue weighted by atomic mass is 10.2. The summed E-state index contributed by atoms with van der Waals surface area (Å²) >= 11 is 7.59. The van der Waals surface area contributed by atoms with Crippen molar-refractivity contribution in [3.05, 3.63) is 68.0 Å². The highest BCUT2D eigenvalue weighted by Gasteiger charge is 2.23. The van der Waals surface area contributed by atoms with E-state index in [1.54, 1.807) is 25.1 Å². The fourth-order valence-corrected chi connectivity index (χ4v) is 4.72. The lowest BCUT2D eigenvalue weighted by molar-refractivity contribution is -0.0707. The number of hydrogen-bond acceptors (Lipinski definition) is 7. The number of aryl methyl sites for hydroxylation is 1. The van der Waals surface area contributed by atoms with Crippen molar-refractivity contribution in [1.82, 2.24) is 19.7 Å². The summed E-state index contributed by atoms with van der Waals surface area (Å²) in [7, 11) is 0. The van der Waals surface area contributed by atoms with Crippen LogP contribution in [-0.4, -0.2) is 50.9 Å². The van der Waals surface area contributed by atoms with Gasteiger partial charge in [0, 0.05) is 36.8 Å². The van der Waals surface area contributed by atoms with Crippen LogP contribution in [0.25, 0.3) is 5.69 Å². The Hall–Kier alpha value is -2.59. The topological polar surface area (TPSA) is 89.3 Å². The van der Waals surface area contributed by atoms with Crippen molar-refractivity contribution in [2.24, 2.45) is 0 Å². The molecule has 2 atom stereocenters. The van der Waals surface area contributed by atoms with Gasteiger partial charge in [-0.2, -0.15) is 5.10 Å². The standard InChI is InChI=1S/C22H24ClN5O3S/c1-13-8-19(29)20(26-28(13)18-7-5-4-6-17(18)23)21(30)25-22-24-16(12-32-22)11-27-9-14(2)31-15(3)10-27/h4-8,12,14-15H,9-11H2,1-3H3,(H,24,25,30). The number of nitrogens with one attached hydrogen (secondary N) is 1. The van der Waals surface area contributed by atoms with Crippen molar-refractivity contribution >= 4 is 34.0 Å². The van der Waals surface area contributed by atoms with E-state index in [0.717, 1.165) is 18.8 Å². The Morgan fingerprint density at radius 1 is 1.28 bits per heavy atom. The Morgan fingerprint density at radius 2 is 2.00 bits per heavy atom. The number of ether oxygens (including phenoxy) is 1. The maximum absolute atomic E-state index is 12.8. The van der Waals surface area contributed by atoms with E-state index >= 15 is 0 Å². The maximum atomic E-state index is 12.8. The van der Waals surface area contributed by atoms with Gasteiger partial charge >= 0.3 is 0 Å². The molecule has 8 nitrogen and oxygen atoms in total. The Balaban J connectivity index is 1.51. The molecule has 0 saturated carbocycles. The third-order valence-electron chi connectivity index (χ3n) is 5.06. The van der Waals surface area contributed by atoms with Gasteiger partial charge in [-0.25, -0.2) is 9.67 Å². The molecule has 168 valence electrons. The van der Waals surface area contributed by atoms with Gasteiger partial charge in [-0.05, 0) is 32.9 Å². The number of rotatable bonds is 5. The van der Waals surface area contributed by atoms with Crippen LogP contribution in [0.2, 0.25) is 5.02 Å². The fraction of sp³-hybridized carbons (Fsp3) is 0.364. The zero-order valence-electron chi connectivity index (χ0n) is 18.0. The van der Waals surface area contributed by atoms with E-state index in [-0.39, 0.29) is 17.9 Å². The van der Waals surface area contributed by atoms with E-state index < -0.39 is 11.3 Å². The Kier molecular flexibility index (Phi) is 6.71. The average molecular weight is 474 g/mol. The quantitative estimate of drug-likeness (QED) is 0.610. The third kappa shape index (κ3) is 5.07. The molecule has 4 rings (SSSR count). The largest absolute Gasteiger partial charge is 0.373 e. The molecule has 0 aliphatic carbocycles. The lowest BCUT2D eigenvalue weighted by Crippen LogP contribution is -2.44. The summed E-state index contributed by atoms with van der Waals surface area (Å²) < 4.78 is 7.26. The first-order valence-electron chi connectivity index (χ1n) is 10.3. The smallest absolute Gasteiger partial charge is 0.281 e. The zero-order chi connectivity index (χ0) is 22.8. The first kappa shape index (κ1) is 22.6. The first-order chi connectivity index (χ1) is 15.3. The Morgan fingerprint density at radius 3 is 2.72 bits per heavy atom. The molecule has 32 heavy (non-hydrogen) atoms. The molecule has 1 aliphatic heterocycles. The summed E-state index contributed by atoms with van der Waals surface area (Å²) in [6.45, 7) is 8.18. The average Bonchev–Trinajstić information content (AvgIpc) is 3.14. The van der Waals surface area contributed by atoms with E-state index in [0.29, 0.717) is 28.1 Å². The van der Waals surface area contributed by atoms with Crippen LogP contribution in [0.1, 0.15) is 35.7 Å². The van der Waals surface area contributed by atoms with Crippen LogP contribution in [0.4, 0.5) is 5.13 Å². The molecular weight excluding hydrogens is 450 g/mol. The minimum absolute atomic E-state index is 0.171. The van der Waals surface area contributed by atoms with E-state index in [1.807, 2.05) is 11.4 Å². The minimum atomic E-state index is -0.606. The summed E-state index contributed by atoms with van der Waals surface area (Å²) in [5.41, 5.74) is 1.34. The van der Waals surface area contributed by atoms with Crippen molar-refractivity contribution in [2.45, 2.75) is 39.5 Å². The molecular formula is C22H24ClN5O3S. The second-order valence-corrected chi connectivity index (χ2v) is 9.18. The molecule has 3 aromatic rings. The van der Waals surface area contributed by atoms with Gasteiger partial charge in [0.2, 0.25) is 5.43 Å². The van der Waals surface area contributed by atoms with Gasteiger partial charge in [-0.3, -0.25) is 19.8 Å². The van der Waals surface area contributed by atoms with E-state index in [2.05, 4.69) is 34.1 Å². The summed E-state index contributed by atoms with van der Waals surface area (Å²) in [5.74, 6) is -0.606. The van der Waals surface area contributed by atoms with Gasteiger partial charge in [-0.1, -0.05) is 23.7 Å². The minimum Gasteiger partial charge on any atom is -0.373 e. The van der Waals surface area contributed by atoms with Crippen molar-refractivity contribution in [2.75, 3.05) is 18.4 Å². The highest BCUT2D eigenvalue weighted by atomic mass is 35.5. The van der Waals surface area contributed by atoms with Crippen molar-refractivity contribution < 1.29 is 9.53 Å². The number of halogens is 1. The first-order valence-corrected chi connectivity index (χ1v) is 11.6. The number of carbonyl (C=O) groups is 1. The van der Waals surface area contributed by atoms with Gasteiger partial charge in [-0.15, -0.1) is 11.3 Å².